The second-order valence-electron chi connectivity index (χ2n) is 5.65. The molecule has 2 rings (SSSR count). The number of esters is 1. The topological polar surface area (TPSA) is 55.4 Å². The van der Waals surface area contributed by atoms with Crippen molar-refractivity contribution in [1.29, 1.82) is 0 Å². The average Bonchev–Trinajstić information content (AvgIpc) is 2.51. The van der Waals surface area contributed by atoms with E-state index in [9.17, 15) is 9.59 Å². The number of rotatable bonds is 4. The van der Waals surface area contributed by atoms with Crippen molar-refractivity contribution in [2.45, 2.75) is 33.8 Å². The van der Waals surface area contributed by atoms with Crippen molar-refractivity contribution >= 4 is 17.6 Å². The third-order valence-corrected chi connectivity index (χ3v) is 3.77. The minimum absolute atomic E-state index is 0.347. The Labute approximate surface area is 136 Å². The third kappa shape index (κ3) is 4.19. The number of amides is 1. The number of anilines is 1. The lowest BCUT2D eigenvalue weighted by molar-refractivity contribution is -0.123. The molecule has 4 nitrogen and oxygen atoms in total. The molecule has 1 unspecified atom stereocenters. The summed E-state index contributed by atoms with van der Waals surface area (Å²) in [5, 5.41) is 2.80. The van der Waals surface area contributed by atoms with Crippen LogP contribution in [0.1, 0.15) is 34.0 Å². The normalized spacial score (nSPS) is 11.7. The van der Waals surface area contributed by atoms with Crippen LogP contribution in [-0.4, -0.2) is 18.0 Å². The van der Waals surface area contributed by atoms with Crippen LogP contribution in [0.4, 0.5) is 5.69 Å². The molecule has 0 aliphatic heterocycles. The Kier molecular flexibility index (Phi) is 5.16. The molecule has 23 heavy (non-hydrogen) atoms. The van der Waals surface area contributed by atoms with Crippen LogP contribution < -0.4 is 5.32 Å². The summed E-state index contributed by atoms with van der Waals surface area (Å²) in [5.74, 6) is -0.850. The second kappa shape index (κ2) is 7.09. The molecule has 0 aliphatic rings. The highest BCUT2D eigenvalue weighted by atomic mass is 16.5. The summed E-state index contributed by atoms with van der Waals surface area (Å²) in [6.07, 6.45) is -0.872. The fraction of sp³-hybridized carbons (Fsp3) is 0.263. The van der Waals surface area contributed by atoms with Crippen molar-refractivity contribution in [2.75, 3.05) is 5.32 Å². The molecule has 0 radical (unpaired) electrons. The maximum absolute atomic E-state index is 12.2. The average molecular weight is 311 g/mol. The van der Waals surface area contributed by atoms with Crippen molar-refractivity contribution in [2.24, 2.45) is 0 Å². The molecule has 1 atom stereocenters. The van der Waals surface area contributed by atoms with Gasteiger partial charge in [-0.25, -0.2) is 4.79 Å². The van der Waals surface area contributed by atoms with Gasteiger partial charge in [0.2, 0.25) is 0 Å². The molecule has 0 saturated heterocycles. The van der Waals surface area contributed by atoms with Crippen molar-refractivity contribution < 1.29 is 14.3 Å². The van der Waals surface area contributed by atoms with Gasteiger partial charge in [0.1, 0.15) is 0 Å². The van der Waals surface area contributed by atoms with Crippen molar-refractivity contribution in [3.05, 3.63) is 64.7 Å². The van der Waals surface area contributed by atoms with E-state index in [-0.39, 0.29) is 5.91 Å². The zero-order valence-corrected chi connectivity index (χ0v) is 13.8. The number of aryl methyl sites for hydroxylation is 2. The van der Waals surface area contributed by atoms with Gasteiger partial charge >= 0.3 is 5.97 Å². The van der Waals surface area contributed by atoms with E-state index in [1.807, 2.05) is 45.0 Å². The smallest absolute Gasteiger partial charge is 0.338 e. The van der Waals surface area contributed by atoms with Gasteiger partial charge in [0.15, 0.2) is 6.10 Å². The molecule has 0 spiro atoms. The van der Waals surface area contributed by atoms with Gasteiger partial charge in [-0.2, -0.15) is 0 Å². The number of carbonyl (C=O) groups is 2. The van der Waals surface area contributed by atoms with Crippen LogP contribution in [-0.2, 0) is 9.53 Å². The van der Waals surface area contributed by atoms with Gasteiger partial charge in [-0.1, -0.05) is 29.8 Å². The Morgan fingerprint density at radius 3 is 2.43 bits per heavy atom. The number of ether oxygens (including phenoxy) is 1. The lowest BCUT2D eigenvalue weighted by Gasteiger charge is -2.15. The molecule has 120 valence electrons. The maximum Gasteiger partial charge on any atom is 0.338 e. The highest BCUT2D eigenvalue weighted by Gasteiger charge is 2.19. The molecule has 1 N–H and O–H groups in total. The first kappa shape index (κ1) is 16.7. The Bertz CT molecular complexity index is 737. The first-order chi connectivity index (χ1) is 10.9. The maximum atomic E-state index is 12.2. The lowest BCUT2D eigenvalue weighted by Crippen LogP contribution is -2.30. The molecular weight excluding hydrogens is 290 g/mol. The van der Waals surface area contributed by atoms with Gasteiger partial charge < -0.3 is 10.1 Å². The molecule has 0 fully saturated rings. The van der Waals surface area contributed by atoms with Crippen LogP contribution in [0.2, 0.25) is 0 Å². The first-order valence-corrected chi connectivity index (χ1v) is 7.53. The summed E-state index contributed by atoms with van der Waals surface area (Å²) in [5.41, 5.74) is 4.22. The summed E-state index contributed by atoms with van der Waals surface area (Å²) in [7, 11) is 0. The number of carbonyl (C=O) groups excluding carboxylic acids is 2. The van der Waals surface area contributed by atoms with Gasteiger partial charge in [-0.05, 0) is 57.0 Å². The zero-order valence-electron chi connectivity index (χ0n) is 13.8. The van der Waals surface area contributed by atoms with Gasteiger partial charge in [0.05, 0.1) is 5.56 Å². The number of benzene rings is 2. The fourth-order valence-corrected chi connectivity index (χ4v) is 2.18. The van der Waals surface area contributed by atoms with E-state index in [0.717, 1.165) is 22.4 Å². The van der Waals surface area contributed by atoms with Crippen LogP contribution in [0.15, 0.2) is 42.5 Å². The third-order valence-electron chi connectivity index (χ3n) is 3.77. The molecular formula is C19H21NO3. The molecule has 0 aliphatic carbocycles. The minimum atomic E-state index is -0.872. The molecule has 0 bridgehead atoms. The van der Waals surface area contributed by atoms with Crippen molar-refractivity contribution in [3.8, 4) is 0 Å². The highest BCUT2D eigenvalue weighted by molar-refractivity contribution is 5.97. The van der Waals surface area contributed by atoms with Crippen LogP contribution >= 0.6 is 0 Å². The van der Waals surface area contributed by atoms with Gasteiger partial charge in [0, 0.05) is 5.69 Å². The molecule has 1 amide bonds. The van der Waals surface area contributed by atoms with Crippen molar-refractivity contribution in [1.82, 2.24) is 0 Å². The van der Waals surface area contributed by atoms with Crippen LogP contribution in [0, 0.1) is 20.8 Å². The Hall–Kier alpha value is -2.62. The molecule has 4 heteroatoms. The van der Waals surface area contributed by atoms with Crippen LogP contribution in [0.25, 0.3) is 0 Å². The Morgan fingerprint density at radius 2 is 1.74 bits per heavy atom. The predicted octanol–water partition coefficient (Wildman–Crippen LogP) is 3.80. The molecule has 0 heterocycles. The van der Waals surface area contributed by atoms with E-state index in [1.165, 1.54) is 0 Å². The van der Waals surface area contributed by atoms with Crippen LogP contribution in [0.5, 0.6) is 0 Å². The summed E-state index contributed by atoms with van der Waals surface area (Å²) in [6.45, 7) is 7.38. The summed E-state index contributed by atoms with van der Waals surface area (Å²) >= 11 is 0. The molecule has 0 saturated carbocycles. The van der Waals surface area contributed by atoms with Crippen molar-refractivity contribution in [3.63, 3.8) is 0 Å². The SMILES string of the molecule is Cc1cccc(C(=O)OC(C)C(=O)Nc2cccc(C)c2C)c1. The van der Waals surface area contributed by atoms with Gasteiger partial charge in [-0.3, -0.25) is 4.79 Å². The van der Waals surface area contributed by atoms with E-state index >= 15 is 0 Å². The lowest BCUT2D eigenvalue weighted by atomic mass is 10.1. The standard InChI is InChI=1S/C19H21NO3/c1-12-7-5-9-16(11-12)19(22)23-15(4)18(21)20-17-10-6-8-13(2)14(17)3/h5-11,15H,1-4H3,(H,20,21). The zero-order chi connectivity index (χ0) is 17.0. The second-order valence-corrected chi connectivity index (χ2v) is 5.65. The largest absolute Gasteiger partial charge is 0.449 e. The van der Waals surface area contributed by atoms with Gasteiger partial charge in [-0.15, -0.1) is 0 Å². The summed E-state index contributed by atoms with van der Waals surface area (Å²) in [4.78, 5) is 24.3. The summed E-state index contributed by atoms with van der Waals surface area (Å²) < 4.78 is 5.24. The number of nitrogens with one attached hydrogen (secondary N) is 1. The Morgan fingerprint density at radius 1 is 1.04 bits per heavy atom. The van der Waals surface area contributed by atoms with Crippen LogP contribution in [0.3, 0.4) is 0 Å². The van der Waals surface area contributed by atoms with E-state index < -0.39 is 12.1 Å². The van der Waals surface area contributed by atoms with E-state index in [2.05, 4.69) is 5.32 Å². The summed E-state index contributed by atoms with van der Waals surface area (Å²) in [6, 6.07) is 12.8. The fourth-order valence-electron chi connectivity index (χ4n) is 2.18. The monoisotopic (exact) mass is 311 g/mol. The predicted molar refractivity (Wildman–Crippen MR) is 90.6 cm³/mol. The number of hydrogen-bond acceptors (Lipinski definition) is 3. The molecule has 0 aromatic heterocycles. The number of hydrogen-bond donors (Lipinski definition) is 1. The van der Waals surface area contributed by atoms with E-state index in [4.69, 9.17) is 4.74 Å². The van der Waals surface area contributed by atoms with Gasteiger partial charge in [0.25, 0.3) is 5.91 Å². The minimum Gasteiger partial charge on any atom is -0.449 e. The Balaban J connectivity index is 2.02. The highest BCUT2D eigenvalue weighted by Crippen LogP contribution is 2.18. The quantitative estimate of drug-likeness (QED) is 0.874. The van der Waals surface area contributed by atoms with E-state index in [0.29, 0.717) is 5.56 Å². The molecule has 2 aromatic carbocycles. The van der Waals surface area contributed by atoms with E-state index in [1.54, 1.807) is 25.1 Å². The first-order valence-electron chi connectivity index (χ1n) is 7.53. The molecule has 2 aromatic rings.